The van der Waals surface area contributed by atoms with Gasteiger partial charge in [0.1, 0.15) is 0 Å². The Labute approximate surface area is 129 Å². The van der Waals surface area contributed by atoms with Gasteiger partial charge in [-0.15, -0.1) is 0 Å². The molecule has 0 spiro atoms. The molecule has 2 heterocycles. The lowest BCUT2D eigenvalue weighted by atomic mass is 9.90. The van der Waals surface area contributed by atoms with Crippen LogP contribution in [0.15, 0.2) is 30.6 Å². The van der Waals surface area contributed by atoms with Crippen LogP contribution >= 0.6 is 0 Å². The molecule has 5 nitrogen and oxygen atoms in total. The van der Waals surface area contributed by atoms with Crippen LogP contribution in [0.1, 0.15) is 22.6 Å². The van der Waals surface area contributed by atoms with Gasteiger partial charge < -0.3 is 15.5 Å². The van der Waals surface area contributed by atoms with E-state index in [9.17, 15) is 5.26 Å². The fraction of sp³-hybridized carbons (Fsp3) is 0.235. The second-order valence-corrected chi connectivity index (χ2v) is 5.15. The van der Waals surface area contributed by atoms with E-state index in [1.54, 1.807) is 12.4 Å². The summed E-state index contributed by atoms with van der Waals surface area (Å²) >= 11 is 0. The van der Waals surface area contributed by atoms with E-state index in [0.29, 0.717) is 13.2 Å². The van der Waals surface area contributed by atoms with Crippen LogP contribution in [0.4, 0.5) is 5.69 Å². The van der Waals surface area contributed by atoms with Crippen LogP contribution in [-0.4, -0.2) is 24.9 Å². The van der Waals surface area contributed by atoms with Crippen molar-refractivity contribution in [1.29, 1.82) is 10.7 Å². The van der Waals surface area contributed by atoms with Crippen molar-refractivity contribution >= 4 is 11.9 Å². The maximum Gasteiger partial charge on any atom is 0.0964 e. The monoisotopic (exact) mass is 292 g/mol. The number of ether oxygens (including phenoxy) is 1. The molecule has 1 aromatic heterocycles. The van der Waals surface area contributed by atoms with Gasteiger partial charge in [-0.2, -0.15) is 5.26 Å². The van der Waals surface area contributed by atoms with Gasteiger partial charge in [0.2, 0.25) is 0 Å². The molecule has 3 rings (SSSR count). The van der Waals surface area contributed by atoms with E-state index >= 15 is 0 Å². The molecule has 0 amide bonds. The summed E-state index contributed by atoms with van der Waals surface area (Å²) < 4.78 is 5.56. The van der Waals surface area contributed by atoms with Gasteiger partial charge in [0, 0.05) is 42.5 Å². The number of nitrogens with one attached hydrogen (secondary N) is 2. The number of hydrogen-bond acceptors (Lipinski definition) is 5. The van der Waals surface area contributed by atoms with Crippen LogP contribution in [0, 0.1) is 16.7 Å². The van der Waals surface area contributed by atoms with E-state index in [1.807, 2.05) is 25.2 Å². The number of hydrogen-bond donors (Lipinski definition) is 2. The minimum Gasteiger partial charge on any atom is -0.388 e. The lowest BCUT2D eigenvalue weighted by Gasteiger charge is -2.23. The molecule has 1 aromatic carbocycles. The van der Waals surface area contributed by atoms with Gasteiger partial charge in [-0.25, -0.2) is 0 Å². The van der Waals surface area contributed by atoms with E-state index < -0.39 is 0 Å². The average molecular weight is 292 g/mol. The third kappa shape index (κ3) is 2.34. The molecule has 1 atom stereocenters. The van der Waals surface area contributed by atoms with Crippen molar-refractivity contribution < 1.29 is 4.74 Å². The van der Waals surface area contributed by atoms with Crippen molar-refractivity contribution in [3.63, 3.8) is 0 Å². The second-order valence-electron chi connectivity index (χ2n) is 5.15. The number of nitriles is 1. The van der Waals surface area contributed by atoms with E-state index in [-0.39, 0.29) is 5.92 Å². The Morgan fingerprint density at radius 3 is 3.05 bits per heavy atom. The molecule has 0 saturated carbocycles. The number of fused-ring (bicyclic) bond motifs is 1. The Balaban J connectivity index is 2.14. The first-order valence-electron chi connectivity index (χ1n) is 7.05. The Morgan fingerprint density at radius 1 is 1.45 bits per heavy atom. The Morgan fingerprint density at radius 2 is 2.32 bits per heavy atom. The summed E-state index contributed by atoms with van der Waals surface area (Å²) in [6, 6.07) is 8.13. The van der Waals surface area contributed by atoms with Gasteiger partial charge in [-0.3, -0.25) is 4.98 Å². The largest absolute Gasteiger partial charge is 0.388 e. The van der Waals surface area contributed by atoms with E-state index in [2.05, 4.69) is 16.4 Å². The van der Waals surface area contributed by atoms with Crippen LogP contribution in [0.5, 0.6) is 0 Å². The summed E-state index contributed by atoms with van der Waals surface area (Å²) in [5, 5.41) is 19.8. The predicted molar refractivity (Wildman–Crippen MR) is 85.1 cm³/mol. The fourth-order valence-electron chi connectivity index (χ4n) is 2.76. The zero-order valence-electron chi connectivity index (χ0n) is 12.3. The van der Waals surface area contributed by atoms with Crippen LogP contribution in [0.25, 0.3) is 11.1 Å². The minimum absolute atomic E-state index is 0.263. The topological polar surface area (TPSA) is 81.8 Å². The van der Waals surface area contributed by atoms with Crippen molar-refractivity contribution in [1.82, 2.24) is 4.98 Å². The fourth-order valence-corrected chi connectivity index (χ4v) is 2.76. The van der Waals surface area contributed by atoms with E-state index in [4.69, 9.17) is 10.1 Å². The molecule has 5 heteroatoms. The molecule has 0 bridgehead atoms. The molecule has 2 aromatic rings. The van der Waals surface area contributed by atoms with Crippen molar-refractivity contribution in [2.75, 3.05) is 19.0 Å². The van der Waals surface area contributed by atoms with Crippen molar-refractivity contribution in [2.45, 2.75) is 12.5 Å². The molecule has 1 unspecified atom stereocenters. The molecular formula is C17H16N4O. The predicted octanol–water partition coefficient (Wildman–Crippen LogP) is 2.93. The number of nitrogens with zero attached hydrogens (tertiary/aromatic N) is 2. The summed E-state index contributed by atoms with van der Waals surface area (Å²) in [5.74, 6) is -0.263. The number of anilines is 1. The van der Waals surface area contributed by atoms with Gasteiger partial charge in [0.25, 0.3) is 0 Å². The Kier molecular flexibility index (Phi) is 3.86. The molecule has 0 aliphatic carbocycles. The zero-order valence-corrected chi connectivity index (χ0v) is 12.3. The molecule has 1 aliphatic rings. The third-order valence-electron chi connectivity index (χ3n) is 3.94. The lowest BCUT2D eigenvalue weighted by molar-refractivity contribution is 0.102. The molecule has 0 fully saturated rings. The SMILES string of the molecule is CNc1cc(-c2cncc3c2COCC3C#N)ccc1C=N. The number of benzene rings is 1. The van der Waals surface area contributed by atoms with Gasteiger partial charge in [-0.1, -0.05) is 12.1 Å². The van der Waals surface area contributed by atoms with Gasteiger partial charge in [-0.05, 0) is 22.8 Å². The first-order valence-corrected chi connectivity index (χ1v) is 7.05. The summed E-state index contributed by atoms with van der Waals surface area (Å²) in [6.45, 7) is 0.912. The molecule has 22 heavy (non-hydrogen) atoms. The number of pyridine rings is 1. The van der Waals surface area contributed by atoms with Crippen molar-refractivity contribution in [3.8, 4) is 17.2 Å². The minimum atomic E-state index is -0.263. The van der Waals surface area contributed by atoms with E-state index in [0.717, 1.165) is 33.5 Å². The highest BCUT2D eigenvalue weighted by molar-refractivity contribution is 5.88. The highest BCUT2D eigenvalue weighted by atomic mass is 16.5. The first kappa shape index (κ1) is 14.2. The molecular weight excluding hydrogens is 276 g/mol. The van der Waals surface area contributed by atoms with Crippen molar-refractivity contribution in [3.05, 3.63) is 47.3 Å². The molecule has 2 N–H and O–H groups in total. The maximum absolute atomic E-state index is 9.26. The normalized spacial score (nSPS) is 16.5. The highest BCUT2D eigenvalue weighted by Gasteiger charge is 2.23. The third-order valence-corrected chi connectivity index (χ3v) is 3.94. The van der Waals surface area contributed by atoms with Gasteiger partial charge in [0.15, 0.2) is 0 Å². The zero-order chi connectivity index (χ0) is 15.5. The smallest absolute Gasteiger partial charge is 0.0964 e. The molecule has 0 saturated heterocycles. The van der Waals surface area contributed by atoms with Crippen molar-refractivity contribution in [2.24, 2.45) is 0 Å². The lowest BCUT2D eigenvalue weighted by Crippen LogP contribution is -2.16. The quantitative estimate of drug-likeness (QED) is 0.852. The average Bonchev–Trinajstić information content (AvgIpc) is 2.60. The van der Waals surface area contributed by atoms with E-state index in [1.165, 1.54) is 6.21 Å². The maximum atomic E-state index is 9.26. The van der Waals surface area contributed by atoms with Crippen LogP contribution in [0.2, 0.25) is 0 Å². The van der Waals surface area contributed by atoms with Gasteiger partial charge >= 0.3 is 0 Å². The number of rotatable bonds is 3. The second kappa shape index (κ2) is 5.96. The van der Waals surface area contributed by atoms with Crippen LogP contribution in [0.3, 0.4) is 0 Å². The molecule has 1 aliphatic heterocycles. The summed E-state index contributed by atoms with van der Waals surface area (Å²) in [5.41, 5.74) is 5.67. The Hall–Kier alpha value is -2.71. The standard InChI is InChI=1S/C17H16N4O/c1-20-17-4-11(2-3-12(17)5-18)14-7-21-8-15-13(6-19)9-22-10-16(14)15/h2-5,7-8,13,18,20H,9-10H2,1H3. The van der Waals surface area contributed by atoms with Gasteiger partial charge in [0.05, 0.1) is 25.2 Å². The summed E-state index contributed by atoms with van der Waals surface area (Å²) in [6.07, 6.45) is 4.89. The first-order chi connectivity index (χ1) is 10.8. The van der Waals surface area contributed by atoms with Crippen LogP contribution in [-0.2, 0) is 11.3 Å². The summed E-state index contributed by atoms with van der Waals surface area (Å²) in [7, 11) is 1.83. The molecule has 110 valence electrons. The molecule has 0 radical (unpaired) electrons. The Bertz CT molecular complexity index is 764. The highest BCUT2D eigenvalue weighted by Crippen LogP contribution is 2.34. The number of aromatic nitrogens is 1. The van der Waals surface area contributed by atoms with Crippen LogP contribution < -0.4 is 5.32 Å². The summed E-state index contributed by atoms with van der Waals surface area (Å²) in [4.78, 5) is 4.30.